The van der Waals surface area contributed by atoms with Crippen LogP contribution in [0.15, 0.2) is 10.9 Å². The molecular formula is C10H11NO3. The molecular weight excluding hydrogens is 182 g/mol. The van der Waals surface area contributed by atoms with Gasteiger partial charge in [0.2, 0.25) is 0 Å². The van der Waals surface area contributed by atoms with Crippen LogP contribution < -0.4 is 5.43 Å². The Bertz CT molecular complexity index is 433. The normalized spacial score (nSPS) is 14.9. The van der Waals surface area contributed by atoms with E-state index in [2.05, 4.69) is 4.98 Å². The van der Waals surface area contributed by atoms with Crippen molar-refractivity contribution in [2.45, 2.75) is 25.7 Å². The van der Waals surface area contributed by atoms with E-state index in [1.165, 1.54) is 6.07 Å². The van der Waals surface area contributed by atoms with Gasteiger partial charge in [0.05, 0.1) is 0 Å². The standard InChI is InChI=1S/C10H11NO3/c12-9-5-8(10(13)14)11-7-4-2-1-3-6(7)9/h5H,1-4H2,(H,11,12)(H,13,14). The molecule has 1 aromatic rings. The van der Waals surface area contributed by atoms with Crippen molar-refractivity contribution in [2.75, 3.05) is 0 Å². The van der Waals surface area contributed by atoms with E-state index in [4.69, 9.17) is 5.11 Å². The number of hydrogen-bond donors (Lipinski definition) is 2. The Morgan fingerprint density at radius 3 is 2.79 bits per heavy atom. The number of nitrogens with one attached hydrogen (secondary N) is 1. The molecule has 0 fully saturated rings. The lowest BCUT2D eigenvalue weighted by molar-refractivity contribution is 0.0690. The molecule has 0 aromatic carbocycles. The van der Waals surface area contributed by atoms with Gasteiger partial charge in [0, 0.05) is 17.3 Å². The van der Waals surface area contributed by atoms with Crippen molar-refractivity contribution in [1.29, 1.82) is 0 Å². The van der Waals surface area contributed by atoms with Gasteiger partial charge in [-0.25, -0.2) is 4.79 Å². The number of fused-ring (bicyclic) bond motifs is 1. The zero-order valence-electron chi connectivity index (χ0n) is 7.67. The molecule has 4 heteroatoms. The highest BCUT2D eigenvalue weighted by atomic mass is 16.4. The third-order valence-corrected chi connectivity index (χ3v) is 2.56. The Morgan fingerprint density at radius 2 is 2.07 bits per heavy atom. The molecule has 2 rings (SSSR count). The number of aromatic nitrogens is 1. The number of H-pyrrole nitrogens is 1. The van der Waals surface area contributed by atoms with Crippen LogP contribution in [0.3, 0.4) is 0 Å². The summed E-state index contributed by atoms with van der Waals surface area (Å²) in [4.78, 5) is 25.0. The second-order valence-electron chi connectivity index (χ2n) is 3.52. The number of rotatable bonds is 1. The van der Waals surface area contributed by atoms with Crippen LogP contribution in [0.25, 0.3) is 0 Å². The van der Waals surface area contributed by atoms with Crippen molar-refractivity contribution in [3.63, 3.8) is 0 Å². The zero-order chi connectivity index (χ0) is 10.1. The van der Waals surface area contributed by atoms with Crippen molar-refractivity contribution in [1.82, 2.24) is 4.98 Å². The topological polar surface area (TPSA) is 70.2 Å². The van der Waals surface area contributed by atoms with Gasteiger partial charge in [0.25, 0.3) is 0 Å². The van der Waals surface area contributed by atoms with Gasteiger partial charge < -0.3 is 10.1 Å². The SMILES string of the molecule is O=C(O)c1cc(=O)c2c([nH]1)CCCC2. The first-order valence-corrected chi connectivity index (χ1v) is 4.67. The summed E-state index contributed by atoms with van der Waals surface area (Å²) in [6.07, 6.45) is 3.59. The summed E-state index contributed by atoms with van der Waals surface area (Å²) in [6, 6.07) is 1.17. The number of carbonyl (C=O) groups is 1. The molecule has 0 radical (unpaired) electrons. The Kier molecular flexibility index (Phi) is 2.11. The van der Waals surface area contributed by atoms with Crippen molar-refractivity contribution < 1.29 is 9.90 Å². The van der Waals surface area contributed by atoms with Crippen LogP contribution in [0.1, 0.15) is 34.6 Å². The smallest absolute Gasteiger partial charge is 0.352 e. The maximum atomic E-state index is 11.5. The minimum atomic E-state index is -1.07. The highest BCUT2D eigenvalue weighted by molar-refractivity contribution is 5.85. The number of carboxylic acid groups (broad SMARTS) is 1. The largest absolute Gasteiger partial charge is 0.477 e. The van der Waals surface area contributed by atoms with Crippen LogP contribution in [-0.4, -0.2) is 16.1 Å². The summed E-state index contributed by atoms with van der Waals surface area (Å²) in [6.45, 7) is 0. The van der Waals surface area contributed by atoms with Crippen molar-refractivity contribution >= 4 is 5.97 Å². The predicted molar refractivity (Wildman–Crippen MR) is 50.7 cm³/mol. The Hall–Kier alpha value is -1.58. The molecule has 0 aliphatic heterocycles. The van der Waals surface area contributed by atoms with Gasteiger partial charge in [0.1, 0.15) is 5.69 Å². The van der Waals surface area contributed by atoms with Crippen LogP contribution >= 0.6 is 0 Å². The molecule has 14 heavy (non-hydrogen) atoms. The molecule has 4 nitrogen and oxygen atoms in total. The Labute approximate surface area is 80.6 Å². The van der Waals surface area contributed by atoms with Crippen molar-refractivity contribution in [2.24, 2.45) is 0 Å². The van der Waals surface area contributed by atoms with E-state index in [1.807, 2.05) is 0 Å². The number of pyridine rings is 1. The summed E-state index contributed by atoms with van der Waals surface area (Å²) < 4.78 is 0. The number of carboxylic acids is 1. The van der Waals surface area contributed by atoms with E-state index in [0.717, 1.165) is 36.9 Å². The molecule has 0 saturated carbocycles. The molecule has 1 heterocycles. The first kappa shape index (κ1) is 8.99. The Morgan fingerprint density at radius 1 is 1.36 bits per heavy atom. The average Bonchev–Trinajstić information content (AvgIpc) is 2.17. The highest BCUT2D eigenvalue weighted by Crippen LogP contribution is 2.16. The van der Waals surface area contributed by atoms with Crippen molar-refractivity contribution in [3.05, 3.63) is 33.2 Å². The van der Waals surface area contributed by atoms with Crippen LogP contribution in [-0.2, 0) is 12.8 Å². The van der Waals surface area contributed by atoms with Crippen LogP contribution in [0.4, 0.5) is 0 Å². The summed E-state index contributed by atoms with van der Waals surface area (Å²) >= 11 is 0. The second kappa shape index (κ2) is 3.29. The van der Waals surface area contributed by atoms with E-state index in [0.29, 0.717) is 0 Å². The zero-order valence-corrected chi connectivity index (χ0v) is 7.67. The first-order valence-electron chi connectivity index (χ1n) is 4.67. The van der Waals surface area contributed by atoms with Gasteiger partial charge in [-0.3, -0.25) is 4.79 Å². The van der Waals surface area contributed by atoms with E-state index in [1.54, 1.807) is 0 Å². The van der Waals surface area contributed by atoms with Gasteiger partial charge in [-0.15, -0.1) is 0 Å². The maximum absolute atomic E-state index is 11.5. The Balaban J connectivity index is 2.57. The second-order valence-corrected chi connectivity index (χ2v) is 3.52. The fraction of sp³-hybridized carbons (Fsp3) is 0.400. The quantitative estimate of drug-likeness (QED) is 0.697. The molecule has 0 bridgehead atoms. The fourth-order valence-electron chi connectivity index (χ4n) is 1.85. The molecule has 1 aliphatic carbocycles. The highest BCUT2D eigenvalue weighted by Gasteiger charge is 2.15. The fourth-order valence-corrected chi connectivity index (χ4v) is 1.85. The summed E-state index contributed by atoms with van der Waals surface area (Å²) in [5, 5.41) is 8.74. The number of aromatic amines is 1. The van der Waals surface area contributed by atoms with Crippen LogP contribution in [0, 0.1) is 0 Å². The summed E-state index contributed by atoms with van der Waals surface area (Å²) in [5.74, 6) is -1.07. The number of hydrogen-bond acceptors (Lipinski definition) is 2. The number of aryl methyl sites for hydroxylation is 1. The van der Waals surface area contributed by atoms with E-state index < -0.39 is 5.97 Å². The van der Waals surface area contributed by atoms with E-state index >= 15 is 0 Å². The van der Waals surface area contributed by atoms with Crippen molar-refractivity contribution in [3.8, 4) is 0 Å². The minimum absolute atomic E-state index is 0.00403. The first-order chi connectivity index (χ1) is 6.68. The predicted octanol–water partition coefficient (Wildman–Crippen LogP) is 0.952. The van der Waals surface area contributed by atoms with Gasteiger partial charge >= 0.3 is 5.97 Å². The van der Waals surface area contributed by atoms with Gasteiger partial charge in [-0.2, -0.15) is 0 Å². The number of aromatic carboxylic acids is 1. The van der Waals surface area contributed by atoms with Crippen LogP contribution in [0.5, 0.6) is 0 Å². The summed E-state index contributed by atoms with van der Waals surface area (Å²) in [7, 11) is 0. The van der Waals surface area contributed by atoms with Gasteiger partial charge in [-0.05, 0) is 25.7 Å². The minimum Gasteiger partial charge on any atom is -0.477 e. The molecule has 0 atom stereocenters. The molecule has 0 unspecified atom stereocenters. The molecule has 2 N–H and O–H groups in total. The van der Waals surface area contributed by atoms with E-state index in [-0.39, 0.29) is 11.1 Å². The third kappa shape index (κ3) is 1.43. The molecule has 0 saturated heterocycles. The molecule has 1 aliphatic rings. The molecule has 1 aromatic heterocycles. The van der Waals surface area contributed by atoms with Crippen LogP contribution in [0.2, 0.25) is 0 Å². The molecule has 0 amide bonds. The monoisotopic (exact) mass is 193 g/mol. The van der Waals surface area contributed by atoms with Gasteiger partial charge in [-0.1, -0.05) is 0 Å². The maximum Gasteiger partial charge on any atom is 0.352 e. The van der Waals surface area contributed by atoms with E-state index in [9.17, 15) is 9.59 Å². The lowest BCUT2D eigenvalue weighted by atomic mass is 9.95. The molecule has 74 valence electrons. The van der Waals surface area contributed by atoms with Gasteiger partial charge in [0.15, 0.2) is 5.43 Å². The lowest BCUT2D eigenvalue weighted by Gasteiger charge is -2.14. The average molecular weight is 193 g/mol. The molecule has 0 spiro atoms. The third-order valence-electron chi connectivity index (χ3n) is 2.56. The summed E-state index contributed by atoms with van der Waals surface area (Å²) in [5.41, 5.74) is 1.42. The lowest BCUT2D eigenvalue weighted by Crippen LogP contribution is -2.20.